The van der Waals surface area contributed by atoms with Gasteiger partial charge in [-0.3, -0.25) is 9.59 Å². The number of alkyl halides is 2. The van der Waals surface area contributed by atoms with E-state index in [2.05, 4.69) is 0 Å². The number of carbonyl (C=O) groups is 2. The third-order valence-corrected chi connectivity index (χ3v) is 7.23. The van der Waals surface area contributed by atoms with Crippen LogP contribution in [0.15, 0.2) is 52.5 Å². The van der Waals surface area contributed by atoms with Gasteiger partial charge in [-0.2, -0.15) is 0 Å². The van der Waals surface area contributed by atoms with Crippen molar-refractivity contribution in [3.63, 3.8) is 0 Å². The van der Waals surface area contributed by atoms with Gasteiger partial charge in [-0.1, -0.05) is 52.5 Å². The summed E-state index contributed by atoms with van der Waals surface area (Å²) in [6.07, 6.45) is 2.22. The summed E-state index contributed by atoms with van der Waals surface area (Å²) < 4.78 is 5.34. The maximum Gasteiger partial charge on any atom is 0.256 e. The van der Waals surface area contributed by atoms with Gasteiger partial charge in [0.2, 0.25) is 5.91 Å². The number of nitrogens with zero attached hydrogens (tertiary/aromatic N) is 2. The molecule has 1 atom stereocenters. The third kappa shape index (κ3) is 4.95. The molecule has 32 heavy (non-hydrogen) atoms. The largest absolute Gasteiger partial charge is 0.467 e. The fourth-order valence-corrected chi connectivity index (χ4v) is 5.53. The number of furan rings is 1. The van der Waals surface area contributed by atoms with Crippen LogP contribution in [0.4, 0.5) is 0 Å². The van der Waals surface area contributed by atoms with Crippen molar-refractivity contribution in [2.75, 3.05) is 13.1 Å². The van der Waals surface area contributed by atoms with Crippen molar-refractivity contribution >= 4 is 69.6 Å². The molecule has 1 aromatic carbocycles. The molecule has 168 valence electrons. The second-order valence-electron chi connectivity index (χ2n) is 7.28. The molecule has 5 nitrogen and oxygen atoms in total. The molecule has 0 spiro atoms. The molecule has 4 rings (SSSR count). The summed E-state index contributed by atoms with van der Waals surface area (Å²) in [5.41, 5.74) is 1.80. The summed E-state index contributed by atoms with van der Waals surface area (Å²) >= 11 is 25.9. The van der Waals surface area contributed by atoms with Crippen molar-refractivity contribution in [2.24, 2.45) is 0 Å². The highest BCUT2D eigenvalue weighted by Crippen LogP contribution is 2.41. The molecular weight excluding hydrogens is 514 g/mol. The Hall–Kier alpha value is -1.70. The number of halogens is 4. The van der Waals surface area contributed by atoms with E-state index in [9.17, 15) is 9.59 Å². The number of amides is 2. The van der Waals surface area contributed by atoms with Gasteiger partial charge in [0.05, 0.1) is 18.8 Å². The number of benzene rings is 1. The van der Waals surface area contributed by atoms with Crippen LogP contribution in [0.5, 0.6) is 0 Å². The normalized spacial score (nSPS) is 15.7. The highest BCUT2D eigenvalue weighted by molar-refractivity contribution is 7.10. The smallest absolute Gasteiger partial charge is 0.256 e. The molecule has 10 heteroatoms. The molecule has 1 aliphatic rings. The molecule has 0 N–H and O–H groups in total. The summed E-state index contributed by atoms with van der Waals surface area (Å²) in [6, 6.07) is 10.3. The fourth-order valence-electron chi connectivity index (χ4n) is 3.84. The van der Waals surface area contributed by atoms with Crippen LogP contribution in [0.3, 0.4) is 0 Å². The zero-order valence-electron chi connectivity index (χ0n) is 16.6. The van der Waals surface area contributed by atoms with Crippen molar-refractivity contribution in [3.8, 4) is 0 Å². The predicted octanol–water partition coefficient (Wildman–Crippen LogP) is 5.95. The van der Waals surface area contributed by atoms with E-state index in [1.807, 2.05) is 17.5 Å². The highest BCUT2D eigenvalue weighted by atomic mass is 35.5. The molecular formula is C22H18Cl4N2O3S. The molecule has 0 bridgehead atoms. The van der Waals surface area contributed by atoms with Crippen molar-refractivity contribution in [2.45, 2.75) is 23.8 Å². The maximum absolute atomic E-state index is 13.5. The number of rotatable bonds is 6. The Morgan fingerprint density at radius 2 is 2.00 bits per heavy atom. The van der Waals surface area contributed by atoms with Crippen molar-refractivity contribution in [3.05, 3.63) is 79.9 Å². The van der Waals surface area contributed by atoms with Gasteiger partial charge in [0.1, 0.15) is 12.3 Å². The molecule has 1 aliphatic heterocycles. The molecule has 2 aromatic heterocycles. The highest BCUT2D eigenvalue weighted by Gasteiger charge is 2.35. The maximum atomic E-state index is 13.5. The van der Waals surface area contributed by atoms with Crippen LogP contribution in [0.1, 0.15) is 27.8 Å². The molecule has 0 radical (unpaired) electrons. The Bertz CT molecular complexity index is 1120. The molecule has 1 unspecified atom stereocenters. The summed E-state index contributed by atoms with van der Waals surface area (Å²) in [5.74, 6) is -0.282. The molecule has 0 aliphatic carbocycles. The van der Waals surface area contributed by atoms with Crippen LogP contribution in [0, 0.1) is 0 Å². The molecule has 0 saturated heterocycles. The second kappa shape index (κ2) is 10.1. The summed E-state index contributed by atoms with van der Waals surface area (Å²) in [7, 11) is 0. The fraction of sp³-hybridized carbons (Fsp3) is 0.273. The summed E-state index contributed by atoms with van der Waals surface area (Å²) in [6.45, 7) is 0.373. The van der Waals surface area contributed by atoms with Crippen LogP contribution in [0.25, 0.3) is 0 Å². The van der Waals surface area contributed by atoms with E-state index in [0.29, 0.717) is 22.4 Å². The lowest BCUT2D eigenvalue weighted by Crippen LogP contribution is -2.47. The lowest BCUT2D eigenvalue weighted by Gasteiger charge is -2.38. The Kier molecular flexibility index (Phi) is 7.37. The van der Waals surface area contributed by atoms with Crippen molar-refractivity contribution in [1.82, 2.24) is 9.80 Å². The van der Waals surface area contributed by atoms with Crippen LogP contribution >= 0.6 is 57.7 Å². The van der Waals surface area contributed by atoms with Crippen LogP contribution in [-0.4, -0.2) is 39.5 Å². The first-order valence-electron chi connectivity index (χ1n) is 9.75. The first kappa shape index (κ1) is 23.5. The van der Waals surface area contributed by atoms with Crippen molar-refractivity contribution < 1.29 is 14.0 Å². The standard InChI is InChI=1S/C22H18Cl4N2O3S/c23-13-3-4-15(17(24)10-13)20-16-6-9-32-18(16)5-7-28(20)19(29)12-27(22(30)21(25)26)11-14-2-1-8-31-14/h1-4,6,8-10,20-21H,5,7,11-12H2. The van der Waals surface area contributed by atoms with Crippen LogP contribution in [0.2, 0.25) is 10.0 Å². The van der Waals surface area contributed by atoms with E-state index in [0.717, 1.165) is 17.5 Å². The van der Waals surface area contributed by atoms with Gasteiger partial charge >= 0.3 is 0 Å². The molecule has 3 heterocycles. The quantitative estimate of drug-likeness (QED) is 0.369. The summed E-state index contributed by atoms with van der Waals surface area (Å²) in [5, 5.41) is 3.00. The zero-order chi connectivity index (χ0) is 22.8. The lowest BCUT2D eigenvalue weighted by molar-refractivity contribution is -0.141. The van der Waals surface area contributed by atoms with Crippen LogP contribution in [-0.2, 0) is 22.6 Å². The molecule has 3 aromatic rings. The number of fused-ring (bicyclic) bond motifs is 1. The second-order valence-corrected chi connectivity index (χ2v) is 10.2. The average molecular weight is 532 g/mol. The van der Waals surface area contributed by atoms with E-state index in [1.54, 1.807) is 40.5 Å². The first-order chi connectivity index (χ1) is 15.3. The Labute approximate surface area is 209 Å². The van der Waals surface area contributed by atoms with E-state index in [1.165, 1.54) is 16.0 Å². The minimum absolute atomic E-state index is 0.0808. The van der Waals surface area contributed by atoms with Gasteiger partial charge in [0.15, 0.2) is 4.84 Å². The van der Waals surface area contributed by atoms with Gasteiger partial charge < -0.3 is 14.2 Å². The summed E-state index contributed by atoms with van der Waals surface area (Å²) in [4.78, 5) is 29.1. The number of carbonyl (C=O) groups excluding carboxylic acids is 2. The number of hydrogen-bond donors (Lipinski definition) is 0. The minimum Gasteiger partial charge on any atom is -0.467 e. The van der Waals surface area contributed by atoms with Gasteiger partial charge in [-0.15, -0.1) is 11.3 Å². The molecule has 0 saturated carbocycles. The van der Waals surface area contributed by atoms with Crippen LogP contribution < -0.4 is 0 Å². The van der Waals surface area contributed by atoms with E-state index >= 15 is 0 Å². The average Bonchev–Trinajstić information content (AvgIpc) is 3.44. The first-order valence-corrected chi connectivity index (χ1v) is 12.3. The third-order valence-electron chi connectivity index (χ3n) is 5.29. The van der Waals surface area contributed by atoms with Gasteiger partial charge in [-0.05, 0) is 53.3 Å². The van der Waals surface area contributed by atoms with E-state index in [-0.39, 0.29) is 25.0 Å². The van der Waals surface area contributed by atoms with Gasteiger partial charge in [0.25, 0.3) is 5.91 Å². The van der Waals surface area contributed by atoms with E-state index < -0.39 is 10.7 Å². The topological polar surface area (TPSA) is 53.8 Å². The Balaban J connectivity index is 1.65. The predicted molar refractivity (Wildman–Crippen MR) is 128 cm³/mol. The Morgan fingerprint density at radius 1 is 1.19 bits per heavy atom. The minimum atomic E-state index is -1.29. The lowest BCUT2D eigenvalue weighted by atomic mass is 9.93. The number of hydrogen-bond acceptors (Lipinski definition) is 4. The Morgan fingerprint density at radius 3 is 2.69 bits per heavy atom. The van der Waals surface area contributed by atoms with Gasteiger partial charge in [-0.25, -0.2) is 0 Å². The molecule has 2 amide bonds. The van der Waals surface area contributed by atoms with E-state index in [4.69, 9.17) is 50.8 Å². The number of thiophene rings is 1. The van der Waals surface area contributed by atoms with Crippen molar-refractivity contribution in [1.29, 1.82) is 0 Å². The SMILES string of the molecule is O=C(C(Cl)Cl)N(CC(=O)N1CCc2sccc2C1c1ccc(Cl)cc1Cl)Cc1ccco1. The molecule has 0 fully saturated rings. The monoisotopic (exact) mass is 530 g/mol. The zero-order valence-corrected chi connectivity index (χ0v) is 20.5. The van der Waals surface area contributed by atoms with Gasteiger partial charge in [0, 0.05) is 21.5 Å².